The highest BCUT2D eigenvalue weighted by atomic mass is 32.2. The van der Waals surface area contributed by atoms with Gasteiger partial charge in [0.1, 0.15) is 11.5 Å². The fraction of sp³-hybridized carbons (Fsp3) is 0.242. The monoisotopic (exact) mass is 620 g/mol. The van der Waals surface area contributed by atoms with E-state index < -0.39 is 15.9 Å². The zero-order chi connectivity index (χ0) is 31.9. The number of ether oxygens (including phenoxy) is 6. The molecule has 44 heavy (non-hydrogen) atoms. The lowest BCUT2D eigenvalue weighted by Crippen LogP contribution is -2.24. The maximum absolute atomic E-state index is 13.4. The van der Waals surface area contributed by atoms with Crippen LogP contribution in [-0.2, 0) is 10.0 Å². The molecule has 0 amide bonds. The molecule has 1 N–H and O–H groups in total. The Balaban J connectivity index is 2.02. The molecule has 0 aliphatic carbocycles. The maximum atomic E-state index is 13.4. The van der Waals surface area contributed by atoms with Gasteiger partial charge in [0.25, 0.3) is 10.0 Å². The quantitative estimate of drug-likeness (QED) is 0.153. The zero-order valence-electron chi connectivity index (χ0n) is 25.7. The molecule has 10 nitrogen and oxygen atoms in total. The summed E-state index contributed by atoms with van der Waals surface area (Å²) in [5.41, 5.74) is 3.27. The highest BCUT2D eigenvalue weighted by Crippen LogP contribution is 2.39. The average molecular weight is 621 g/mol. The van der Waals surface area contributed by atoms with Crippen LogP contribution >= 0.6 is 0 Å². The van der Waals surface area contributed by atoms with E-state index in [4.69, 9.17) is 28.4 Å². The summed E-state index contributed by atoms with van der Waals surface area (Å²) in [7, 11) is 5.23. The number of hydrogen-bond donors (Lipinski definition) is 1. The summed E-state index contributed by atoms with van der Waals surface area (Å²) < 4.78 is 60.2. The Hall–Kier alpha value is -4.90. The number of nitrogens with one attached hydrogen (secondary N) is 1. The molecule has 4 aromatic rings. The largest absolute Gasteiger partial charge is 0.497 e. The van der Waals surface area contributed by atoms with Crippen LogP contribution in [-0.4, -0.2) is 56.8 Å². The van der Waals surface area contributed by atoms with Crippen LogP contribution in [0.2, 0.25) is 0 Å². The number of rotatable bonds is 13. The van der Waals surface area contributed by atoms with Crippen molar-refractivity contribution in [3.05, 3.63) is 101 Å². The molecule has 0 saturated carbocycles. The fourth-order valence-electron chi connectivity index (χ4n) is 4.70. The van der Waals surface area contributed by atoms with Gasteiger partial charge in [-0.15, -0.1) is 0 Å². The van der Waals surface area contributed by atoms with Gasteiger partial charge >= 0.3 is 0 Å². The molecule has 0 heterocycles. The first-order valence-corrected chi connectivity index (χ1v) is 15.0. The van der Waals surface area contributed by atoms with Crippen LogP contribution in [0.1, 0.15) is 28.2 Å². The van der Waals surface area contributed by atoms with Crippen molar-refractivity contribution in [1.29, 1.82) is 0 Å². The van der Waals surface area contributed by atoms with E-state index in [9.17, 15) is 8.42 Å². The Morgan fingerprint density at radius 3 is 1.52 bits per heavy atom. The molecular weight excluding hydrogens is 584 g/mol. The first-order valence-electron chi connectivity index (χ1n) is 13.5. The van der Waals surface area contributed by atoms with Gasteiger partial charge in [-0.3, -0.25) is 0 Å². The van der Waals surface area contributed by atoms with E-state index in [1.807, 2.05) is 31.2 Å². The smallest absolute Gasteiger partial charge is 0.276 e. The lowest BCUT2D eigenvalue weighted by molar-refractivity contribution is 0.354. The van der Waals surface area contributed by atoms with Crippen molar-refractivity contribution in [2.24, 2.45) is 5.10 Å². The fourth-order valence-corrected chi connectivity index (χ4v) is 5.52. The van der Waals surface area contributed by atoms with Crippen molar-refractivity contribution in [2.45, 2.75) is 17.7 Å². The Kier molecular flexibility index (Phi) is 10.2. The van der Waals surface area contributed by atoms with Gasteiger partial charge in [0.05, 0.1) is 59.2 Å². The average Bonchev–Trinajstić information content (AvgIpc) is 3.05. The minimum Gasteiger partial charge on any atom is -0.497 e. The maximum Gasteiger partial charge on any atom is 0.276 e. The Morgan fingerprint density at radius 2 is 1.09 bits per heavy atom. The topological polar surface area (TPSA) is 114 Å². The first-order chi connectivity index (χ1) is 21.2. The minimum atomic E-state index is -4.05. The molecule has 11 heteroatoms. The SMILES string of the molecule is COc1cc(OC)cc(C(=NNS(=O)(=O)c2ccc(C)cc2)C(c2ccc(OC)c(OC)c2)c2ccc(OC)c(OC)c2)c1. The second-order valence-corrected chi connectivity index (χ2v) is 11.3. The highest BCUT2D eigenvalue weighted by molar-refractivity contribution is 7.89. The molecule has 0 spiro atoms. The van der Waals surface area contributed by atoms with Crippen molar-refractivity contribution in [3.63, 3.8) is 0 Å². The zero-order valence-corrected chi connectivity index (χ0v) is 26.5. The second kappa shape index (κ2) is 14.0. The summed E-state index contributed by atoms with van der Waals surface area (Å²) >= 11 is 0. The molecule has 0 aliphatic heterocycles. The number of nitrogens with zero attached hydrogens (tertiary/aromatic N) is 1. The molecule has 0 fully saturated rings. The Labute approximate surface area is 258 Å². The number of hydrogen-bond acceptors (Lipinski definition) is 9. The second-order valence-electron chi connectivity index (χ2n) is 9.67. The predicted molar refractivity (Wildman–Crippen MR) is 169 cm³/mol. The van der Waals surface area contributed by atoms with Gasteiger partial charge in [0.2, 0.25) is 0 Å². The number of methoxy groups -OCH3 is 6. The third-order valence-corrected chi connectivity index (χ3v) is 8.24. The van der Waals surface area contributed by atoms with Crippen LogP contribution in [0.4, 0.5) is 0 Å². The number of benzene rings is 4. The van der Waals surface area contributed by atoms with E-state index in [0.717, 1.165) is 16.7 Å². The van der Waals surface area contributed by atoms with Crippen molar-refractivity contribution < 1.29 is 36.8 Å². The number of hydrazone groups is 1. The molecule has 0 radical (unpaired) electrons. The molecule has 4 rings (SSSR count). The van der Waals surface area contributed by atoms with Gasteiger partial charge in [-0.1, -0.05) is 29.8 Å². The van der Waals surface area contributed by atoms with Gasteiger partial charge in [-0.2, -0.15) is 18.4 Å². The van der Waals surface area contributed by atoms with Crippen molar-refractivity contribution in [3.8, 4) is 34.5 Å². The standard InChI is InChI=1S/C33H36N2O8S/c1-21-8-12-27(13-9-21)44(36,37)35-34-33(24-16-25(38-2)20-26(17-24)39-3)32(22-10-14-28(40-4)30(18-22)42-6)23-11-15-29(41-5)31(19-23)43-7/h8-20,32,35H,1-7H3. The van der Waals surface area contributed by atoms with E-state index in [0.29, 0.717) is 45.8 Å². The molecule has 0 saturated heterocycles. The van der Waals surface area contributed by atoms with E-state index in [2.05, 4.69) is 9.93 Å². The predicted octanol–water partition coefficient (Wildman–Crippen LogP) is 5.56. The highest BCUT2D eigenvalue weighted by Gasteiger charge is 2.27. The van der Waals surface area contributed by atoms with Crippen LogP contribution in [0.3, 0.4) is 0 Å². The van der Waals surface area contributed by atoms with E-state index >= 15 is 0 Å². The summed E-state index contributed by atoms with van der Waals surface area (Å²) in [6.45, 7) is 1.88. The third-order valence-electron chi connectivity index (χ3n) is 7.02. The summed E-state index contributed by atoms with van der Waals surface area (Å²) in [6, 6.07) is 22.7. The van der Waals surface area contributed by atoms with Gasteiger partial charge in [-0.05, 0) is 66.6 Å². The van der Waals surface area contributed by atoms with Crippen LogP contribution in [0.5, 0.6) is 34.5 Å². The molecule has 0 unspecified atom stereocenters. The molecule has 232 valence electrons. The van der Waals surface area contributed by atoms with Gasteiger partial charge in [0.15, 0.2) is 23.0 Å². The third kappa shape index (κ3) is 7.00. The molecular formula is C33H36N2O8S. The normalized spacial score (nSPS) is 11.6. The van der Waals surface area contributed by atoms with Crippen LogP contribution in [0.15, 0.2) is 88.9 Å². The molecule has 0 atom stereocenters. The lowest BCUT2D eigenvalue weighted by atomic mass is 9.83. The van der Waals surface area contributed by atoms with Gasteiger partial charge in [0, 0.05) is 11.6 Å². The molecule has 4 aromatic carbocycles. The van der Waals surface area contributed by atoms with Crippen molar-refractivity contribution in [1.82, 2.24) is 4.83 Å². The Morgan fingerprint density at radius 1 is 0.614 bits per heavy atom. The van der Waals surface area contributed by atoms with Gasteiger partial charge < -0.3 is 28.4 Å². The first kappa shape index (κ1) is 32.0. The Bertz CT molecular complexity index is 1660. The van der Waals surface area contributed by atoms with Crippen LogP contribution in [0, 0.1) is 6.92 Å². The van der Waals surface area contributed by atoms with E-state index in [-0.39, 0.29) is 4.90 Å². The molecule has 0 bridgehead atoms. The van der Waals surface area contributed by atoms with Gasteiger partial charge in [-0.25, -0.2) is 0 Å². The minimum absolute atomic E-state index is 0.0724. The van der Waals surface area contributed by atoms with Crippen LogP contribution < -0.4 is 33.3 Å². The van der Waals surface area contributed by atoms with Crippen molar-refractivity contribution >= 4 is 15.7 Å². The van der Waals surface area contributed by atoms with Crippen LogP contribution in [0.25, 0.3) is 0 Å². The summed E-state index contributed by atoms with van der Waals surface area (Å²) in [5.74, 6) is 2.36. The van der Waals surface area contributed by atoms with Crippen molar-refractivity contribution in [2.75, 3.05) is 42.7 Å². The van der Waals surface area contributed by atoms with E-state index in [1.54, 1.807) is 70.9 Å². The summed E-state index contributed by atoms with van der Waals surface area (Å²) in [6.07, 6.45) is 0. The summed E-state index contributed by atoms with van der Waals surface area (Å²) in [5, 5.41) is 4.59. The lowest BCUT2D eigenvalue weighted by Gasteiger charge is -2.24. The summed E-state index contributed by atoms with van der Waals surface area (Å²) in [4.78, 5) is 2.53. The van der Waals surface area contributed by atoms with E-state index in [1.165, 1.54) is 26.4 Å². The number of sulfonamides is 1. The molecule has 0 aliphatic rings. The number of aryl methyl sites for hydroxylation is 1. The molecule has 0 aromatic heterocycles.